The van der Waals surface area contributed by atoms with E-state index in [2.05, 4.69) is 10.2 Å². The zero-order valence-electron chi connectivity index (χ0n) is 12.8. The first-order chi connectivity index (χ1) is 10.6. The van der Waals surface area contributed by atoms with Gasteiger partial charge in [0.05, 0.1) is 5.92 Å². The number of methoxy groups -OCH3 is 1. The van der Waals surface area contributed by atoms with Crippen LogP contribution in [-0.4, -0.2) is 50.0 Å². The molecule has 1 saturated heterocycles. The average Bonchev–Trinajstić information content (AvgIpc) is 2.96. The number of hydrogen-bond acceptors (Lipinski definition) is 5. The third-order valence-electron chi connectivity index (χ3n) is 3.79. The van der Waals surface area contributed by atoms with Gasteiger partial charge >= 0.3 is 0 Å². The highest BCUT2D eigenvalue weighted by molar-refractivity contribution is 5.91. The van der Waals surface area contributed by atoms with Crippen LogP contribution in [0.25, 0.3) is 0 Å². The van der Waals surface area contributed by atoms with Gasteiger partial charge in [-0.15, -0.1) is 0 Å². The van der Waals surface area contributed by atoms with Gasteiger partial charge in [0.25, 0.3) is 5.91 Å². The number of likely N-dealkylation sites (tertiary alicyclic amines) is 1. The van der Waals surface area contributed by atoms with Crippen molar-refractivity contribution < 1.29 is 18.7 Å². The number of ether oxygens (including phenoxy) is 1. The Balaban J connectivity index is 1.73. The normalized spacial score (nSPS) is 19.0. The molecule has 1 fully saturated rings. The summed E-state index contributed by atoms with van der Waals surface area (Å²) in [5, 5.41) is 2.81. The molecule has 2 amide bonds. The Morgan fingerprint density at radius 2 is 2.32 bits per heavy atom. The van der Waals surface area contributed by atoms with Crippen molar-refractivity contribution in [1.82, 2.24) is 10.2 Å². The van der Waals surface area contributed by atoms with Crippen molar-refractivity contribution in [2.45, 2.75) is 19.4 Å². The highest BCUT2D eigenvalue weighted by Crippen LogP contribution is 2.15. The molecule has 1 aliphatic rings. The molecule has 2 heterocycles. The minimum Gasteiger partial charge on any atom is -0.453 e. The number of primary amides is 1. The Morgan fingerprint density at radius 3 is 3.05 bits per heavy atom. The topological polar surface area (TPSA) is 97.8 Å². The van der Waals surface area contributed by atoms with Gasteiger partial charge in [0.2, 0.25) is 5.91 Å². The van der Waals surface area contributed by atoms with E-state index in [1.807, 2.05) is 0 Å². The molecule has 1 aliphatic heterocycles. The molecule has 0 bridgehead atoms. The van der Waals surface area contributed by atoms with Gasteiger partial charge in [-0.05, 0) is 31.5 Å². The van der Waals surface area contributed by atoms with Gasteiger partial charge in [-0.3, -0.25) is 9.59 Å². The molecular formula is C15H23N3O4. The molecule has 0 aliphatic carbocycles. The largest absolute Gasteiger partial charge is 0.453 e. The van der Waals surface area contributed by atoms with Gasteiger partial charge in [0, 0.05) is 26.7 Å². The van der Waals surface area contributed by atoms with E-state index in [-0.39, 0.29) is 23.5 Å². The molecule has 1 aromatic heterocycles. The first-order valence-electron chi connectivity index (χ1n) is 7.47. The number of nitrogens with one attached hydrogen (secondary N) is 1. The fourth-order valence-electron chi connectivity index (χ4n) is 2.63. The van der Waals surface area contributed by atoms with Crippen LogP contribution in [0.3, 0.4) is 0 Å². The maximum Gasteiger partial charge on any atom is 0.287 e. The van der Waals surface area contributed by atoms with Gasteiger partial charge in [-0.2, -0.15) is 0 Å². The fraction of sp³-hybridized carbons (Fsp3) is 0.600. The van der Waals surface area contributed by atoms with Crippen molar-refractivity contribution in [3.8, 4) is 0 Å². The van der Waals surface area contributed by atoms with Crippen molar-refractivity contribution in [2.24, 2.45) is 11.7 Å². The SMILES string of the molecule is COCc1ccc(C(=O)NCCN2CCC[C@H](C(N)=O)C2)o1. The zero-order chi connectivity index (χ0) is 15.9. The van der Waals surface area contributed by atoms with Crippen LogP contribution in [0.2, 0.25) is 0 Å². The molecule has 22 heavy (non-hydrogen) atoms. The van der Waals surface area contributed by atoms with E-state index >= 15 is 0 Å². The van der Waals surface area contributed by atoms with Crippen LogP contribution in [0, 0.1) is 5.92 Å². The number of furan rings is 1. The Morgan fingerprint density at radius 1 is 1.50 bits per heavy atom. The summed E-state index contributed by atoms with van der Waals surface area (Å²) >= 11 is 0. The summed E-state index contributed by atoms with van der Waals surface area (Å²) in [5.41, 5.74) is 5.35. The van der Waals surface area contributed by atoms with E-state index in [0.29, 0.717) is 32.0 Å². The maximum atomic E-state index is 11.9. The lowest BCUT2D eigenvalue weighted by molar-refractivity contribution is -0.123. The summed E-state index contributed by atoms with van der Waals surface area (Å²) in [4.78, 5) is 25.3. The molecule has 7 nitrogen and oxygen atoms in total. The second-order valence-corrected chi connectivity index (χ2v) is 5.50. The summed E-state index contributed by atoms with van der Waals surface area (Å²) in [5.74, 6) is 0.334. The second-order valence-electron chi connectivity index (χ2n) is 5.50. The molecule has 0 saturated carbocycles. The molecule has 2 rings (SSSR count). The molecule has 1 atom stereocenters. The Bertz CT molecular complexity index is 515. The maximum absolute atomic E-state index is 11.9. The number of nitrogens with two attached hydrogens (primary N) is 1. The van der Waals surface area contributed by atoms with Gasteiger partial charge in [0.1, 0.15) is 12.4 Å². The van der Waals surface area contributed by atoms with Crippen LogP contribution in [0.1, 0.15) is 29.2 Å². The van der Waals surface area contributed by atoms with Crippen molar-refractivity contribution in [3.05, 3.63) is 23.7 Å². The average molecular weight is 309 g/mol. The summed E-state index contributed by atoms with van der Waals surface area (Å²) in [6.07, 6.45) is 1.81. The molecule has 0 radical (unpaired) electrons. The predicted octanol–water partition coefficient (Wildman–Crippen LogP) is 0.353. The van der Waals surface area contributed by atoms with Crippen LogP contribution < -0.4 is 11.1 Å². The number of hydrogen-bond donors (Lipinski definition) is 2. The third-order valence-corrected chi connectivity index (χ3v) is 3.79. The monoisotopic (exact) mass is 309 g/mol. The van der Waals surface area contributed by atoms with Gasteiger partial charge < -0.3 is 25.1 Å². The number of nitrogens with zero attached hydrogens (tertiary/aromatic N) is 1. The van der Waals surface area contributed by atoms with E-state index < -0.39 is 0 Å². The summed E-state index contributed by atoms with van der Waals surface area (Å²) in [6.45, 7) is 3.14. The molecule has 0 spiro atoms. The number of carbonyl (C=O) groups excluding carboxylic acids is 2. The van der Waals surface area contributed by atoms with Crippen LogP contribution in [0.15, 0.2) is 16.5 Å². The van der Waals surface area contributed by atoms with Crippen molar-refractivity contribution in [3.63, 3.8) is 0 Å². The number of amides is 2. The standard InChI is InChI=1S/C15H23N3O4/c1-21-10-12-4-5-13(22-12)15(20)17-6-8-18-7-2-3-11(9-18)14(16)19/h4-5,11H,2-3,6-10H2,1H3,(H2,16,19)(H,17,20)/t11-/m0/s1. The molecule has 3 N–H and O–H groups in total. The Kier molecular flexibility index (Phi) is 5.97. The van der Waals surface area contributed by atoms with Crippen LogP contribution >= 0.6 is 0 Å². The Hall–Kier alpha value is -1.86. The van der Waals surface area contributed by atoms with Crippen LogP contribution in [0.5, 0.6) is 0 Å². The van der Waals surface area contributed by atoms with Gasteiger partial charge in [-0.25, -0.2) is 0 Å². The number of rotatable bonds is 7. The molecule has 122 valence electrons. The van der Waals surface area contributed by atoms with Gasteiger partial charge in [0.15, 0.2) is 5.76 Å². The smallest absolute Gasteiger partial charge is 0.287 e. The second kappa shape index (κ2) is 7.95. The summed E-state index contributed by atoms with van der Waals surface area (Å²) < 4.78 is 10.3. The fourth-order valence-corrected chi connectivity index (χ4v) is 2.63. The molecular weight excluding hydrogens is 286 g/mol. The first kappa shape index (κ1) is 16.5. The summed E-state index contributed by atoms with van der Waals surface area (Å²) in [6, 6.07) is 3.36. The summed E-state index contributed by atoms with van der Waals surface area (Å²) in [7, 11) is 1.57. The lowest BCUT2D eigenvalue weighted by Gasteiger charge is -2.30. The minimum atomic E-state index is -0.245. The van der Waals surface area contributed by atoms with E-state index in [1.54, 1.807) is 19.2 Å². The molecule has 7 heteroatoms. The Labute approximate surface area is 129 Å². The van der Waals surface area contributed by atoms with E-state index in [0.717, 1.165) is 19.4 Å². The third kappa shape index (κ3) is 4.57. The van der Waals surface area contributed by atoms with Gasteiger partial charge in [-0.1, -0.05) is 0 Å². The van der Waals surface area contributed by atoms with E-state index in [9.17, 15) is 9.59 Å². The van der Waals surface area contributed by atoms with Crippen molar-refractivity contribution in [2.75, 3.05) is 33.3 Å². The lowest BCUT2D eigenvalue weighted by atomic mass is 9.97. The number of piperidine rings is 1. The predicted molar refractivity (Wildman–Crippen MR) is 80.1 cm³/mol. The highest BCUT2D eigenvalue weighted by atomic mass is 16.5. The van der Waals surface area contributed by atoms with Crippen LogP contribution in [0.4, 0.5) is 0 Å². The molecule has 0 unspecified atom stereocenters. The quantitative estimate of drug-likeness (QED) is 0.757. The van der Waals surface area contributed by atoms with Crippen molar-refractivity contribution in [1.29, 1.82) is 0 Å². The lowest BCUT2D eigenvalue weighted by Crippen LogP contribution is -2.44. The van der Waals surface area contributed by atoms with E-state index in [1.165, 1.54) is 0 Å². The minimum absolute atomic E-state index is 0.0777. The zero-order valence-corrected chi connectivity index (χ0v) is 12.8. The molecule has 1 aromatic rings. The first-order valence-corrected chi connectivity index (χ1v) is 7.47. The highest BCUT2D eigenvalue weighted by Gasteiger charge is 2.23. The van der Waals surface area contributed by atoms with Crippen LogP contribution in [-0.2, 0) is 16.1 Å². The van der Waals surface area contributed by atoms with E-state index in [4.69, 9.17) is 14.9 Å². The van der Waals surface area contributed by atoms with Crippen molar-refractivity contribution >= 4 is 11.8 Å². The number of carbonyl (C=O) groups is 2. The molecule has 0 aromatic carbocycles.